The zero-order valence-corrected chi connectivity index (χ0v) is 19.9. The van der Waals surface area contributed by atoms with Crippen molar-refractivity contribution in [3.8, 4) is 0 Å². The van der Waals surface area contributed by atoms with Crippen molar-refractivity contribution in [2.75, 3.05) is 6.54 Å². The Balaban J connectivity index is 1.35. The molecule has 2 saturated carbocycles. The fourth-order valence-electron chi connectivity index (χ4n) is 6.56. The molecule has 1 heterocycles. The molecule has 5 rings (SSSR count). The maximum Gasteiger partial charge on any atom is 0.325 e. The third-order valence-corrected chi connectivity index (χ3v) is 8.47. The van der Waals surface area contributed by atoms with Gasteiger partial charge >= 0.3 is 6.03 Å². The number of hydrogen-bond acceptors (Lipinski definition) is 3. The molecule has 1 saturated heterocycles. The van der Waals surface area contributed by atoms with Crippen LogP contribution in [-0.2, 0) is 28.0 Å². The zero-order valence-electron chi connectivity index (χ0n) is 19.9. The zero-order chi connectivity index (χ0) is 23.0. The molecule has 178 valence electrons. The second kappa shape index (κ2) is 9.11. The van der Waals surface area contributed by atoms with Gasteiger partial charge in [0.25, 0.3) is 5.91 Å². The molecule has 6 nitrogen and oxygen atoms in total. The predicted octanol–water partition coefficient (Wildman–Crippen LogP) is 4.44. The molecular weight excluding hydrogens is 414 g/mol. The highest BCUT2D eigenvalue weighted by Crippen LogP contribution is 2.34. The van der Waals surface area contributed by atoms with Crippen molar-refractivity contribution in [2.24, 2.45) is 0 Å². The van der Waals surface area contributed by atoms with Crippen LogP contribution in [0.3, 0.4) is 0 Å². The van der Waals surface area contributed by atoms with Crippen LogP contribution in [0.25, 0.3) is 0 Å². The van der Waals surface area contributed by atoms with Crippen LogP contribution in [0.1, 0.15) is 94.2 Å². The summed E-state index contributed by atoms with van der Waals surface area (Å²) in [6.07, 6.45) is 14.4. The Morgan fingerprint density at radius 1 is 0.939 bits per heavy atom. The summed E-state index contributed by atoms with van der Waals surface area (Å²) in [5.74, 6) is -0.374. The van der Waals surface area contributed by atoms with E-state index in [2.05, 4.69) is 22.3 Å². The average molecular weight is 452 g/mol. The molecule has 1 aromatic rings. The van der Waals surface area contributed by atoms with Crippen LogP contribution < -0.4 is 5.32 Å². The number of rotatable bonds is 5. The van der Waals surface area contributed by atoms with Crippen molar-refractivity contribution in [2.45, 2.75) is 108 Å². The number of aryl methyl sites for hydroxylation is 2. The summed E-state index contributed by atoms with van der Waals surface area (Å²) in [6.45, 7) is 1.62. The number of hydrogen-bond donors (Lipinski definition) is 1. The van der Waals surface area contributed by atoms with Crippen molar-refractivity contribution in [1.29, 1.82) is 0 Å². The van der Waals surface area contributed by atoms with Gasteiger partial charge in [-0.2, -0.15) is 0 Å². The van der Waals surface area contributed by atoms with Crippen molar-refractivity contribution in [3.05, 3.63) is 34.9 Å². The molecule has 0 radical (unpaired) electrons. The number of carbonyl (C=O) groups is 3. The van der Waals surface area contributed by atoms with Crippen LogP contribution >= 0.6 is 0 Å². The Morgan fingerprint density at radius 2 is 1.55 bits per heavy atom. The molecule has 1 atom stereocenters. The van der Waals surface area contributed by atoms with E-state index in [1.54, 1.807) is 6.92 Å². The molecule has 0 unspecified atom stereocenters. The first-order valence-corrected chi connectivity index (χ1v) is 13.0. The second-order valence-electron chi connectivity index (χ2n) is 10.7. The van der Waals surface area contributed by atoms with Crippen molar-refractivity contribution in [1.82, 2.24) is 15.1 Å². The lowest BCUT2D eigenvalue weighted by atomic mass is 9.88. The van der Waals surface area contributed by atoms with Crippen molar-refractivity contribution >= 4 is 17.8 Å². The largest absolute Gasteiger partial charge is 0.335 e. The first-order valence-electron chi connectivity index (χ1n) is 13.0. The van der Waals surface area contributed by atoms with Crippen LogP contribution in [0.15, 0.2) is 18.2 Å². The summed E-state index contributed by atoms with van der Waals surface area (Å²) in [4.78, 5) is 43.4. The minimum Gasteiger partial charge on any atom is -0.335 e. The van der Waals surface area contributed by atoms with Gasteiger partial charge in [0.05, 0.1) is 0 Å². The Kier molecular flexibility index (Phi) is 6.19. The molecule has 0 aromatic heterocycles. The molecule has 4 amide bonds. The number of nitrogens with one attached hydrogen (secondary N) is 1. The lowest BCUT2D eigenvalue weighted by molar-refractivity contribution is -0.143. The standard InChI is InChI=1S/C27H37N3O3/c1-27(21-16-15-19-9-8-10-20(19)17-21)25(32)29(26(33)28-27)18-24(31)30(22-11-4-2-5-12-22)23-13-6-3-7-14-23/h15-17,22-23H,2-14,18H2,1H3,(H,28,33)/t27-/m1/s1. The second-order valence-corrected chi connectivity index (χ2v) is 10.7. The van der Waals surface area contributed by atoms with E-state index in [0.29, 0.717) is 0 Å². The van der Waals surface area contributed by atoms with Crippen LogP contribution in [0.5, 0.6) is 0 Å². The molecule has 0 spiro atoms. The van der Waals surface area contributed by atoms with Crippen LogP contribution in [0, 0.1) is 0 Å². The van der Waals surface area contributed by atoms with E-state index < -0.39 is 11.6 Å². The van der Waals surface area contributed by atoms with Gasteiger partial charge in [0.15, 0.2) is 0 Å². The van der Waals surface area contributed by atoms with Gasteiger partial charge in [0.1, 0.15) is 12.1 Å². The van der Waals surface area contributed by atoms with E-state index in [1.807, 2.05) is 6.07 Å². The molecule has 1 aromatic carbocycles. The minimum absolute atomic E-state index is 0.0597. The highest BCUT2D eigenvalue weighted by Gasteiger charge is 2.50. The summed E-state index contributed by atoms with van der Waals surface area (Å²) in [7, 11) is 0. The average Bonchev–Trinajstić information content (AvgIpc) is 3.39. The monoisotopic (exact) mass is 451 g/mol. The van der Waals surface area contributed by atoms with Crippen LogP contribution in [0.2, 0.25) is 0 Å². The van der Waals surface area contributed by atoms with Gasteiger partial charge in [0, 0.05) is 12.1 Å². The van der Waals surface area contributed by atoms with Gasteiger partial charge in [-0.15, -0.1) is 0 Å². The number of amides is 4. The molecule has 3 aliphatic carbocycles. The van der Waals surface area contributed by atoms with Crippen molar-refractivity contribution in [3.63, 3.8) is 0 Å². The Bertz CT molecular complexity index is 915. The lowest BCUT2D eigenvalue weighted by Gasteiger charge is -2.42. The molecule has 4 aliphatic rings. The minimum atomic E-state index is -1.12. The SMILES string of the molecule is C[C@]1(c2ccc3c(c2)CCC3)NC(=O)N(CC(=O)N(C2CCCCC2)C2CCCCC2)C1=O. The summed E-state index contributed by atoms with van der Waals surface area (Å²) in [6, 6.07) is 6.16. The third kappa shape index (κ3) is 4.17. The fourth-order valence-corrected chi connectivity index (χ4v) is 6.56. The number of fused-ring (bicyclic) bond motifs is 1. The molecule has 33 heavy (non-hydrogen) atoms. The van der Waals surface area contributed by atoms with Gasteiger partial charge in [-0.05, 0) is 68.6 Å². The number of carbonyl (C=O) groups excluding carboxylic acids is 3. The molecule has 0 bridgehead atoms. The van der Waals surface area contributed by atoms with E-state index >= 15 is 0 Å². The van der Waals surface area contributed by atoms with E-state index in [4.69, 9.17) is 0 Å². The molecule has 1 N–H and O–H groups in total. The predicted molar refractivity (Wildman–Crippen MR) is 127 cm³/mol. The maximum absolute atomic E-state index is 13.6. The normalized spacial score (nSPS) is 26.4. The van der Waals surface area contributed by atoms with Gasteiger partial charge in [-0.1, -0.05) is 56.7 Å². The summed E-state index contributed by atoms with van der Waals surface area (Å²) < 4.78 is 0. The molecule has 6 heteroatoms. The summed E-state index contributed by atoms with van der Waals surface area (Å²) >= 11 is 0. The van der Waals surface area contributed by atoms with E-state index in [9.17, 15) is 14.4 Å². The quantitative estimate of drug-likeness (QED) is 0.673. The van der Waals surface area contributed by atoms with Crippen LogP contribution in [-0.4, -0.2) is 46.3 Å². The fraction of sp³-hybridized carbons (Fsp3) is 0.667. The summed E-state index contributed by atoms with van der Waals surface area (Å²) in [5, 5.41) is 2.91. The first kappa shape index (κ1) is 22.4. The summed E-state index contributed by atoms with van der Waals surface area (Å²) in [5.41, 5.74) is 2.30. The van der Waals surface area contributed by atoms with Gasteiger partial charge in [0.2, 0.25) is 5.91 Å². The number of urea groups is 1. The smallest absolute Gasteiger partial charge is 0.325 e. The number of nitrogens with zero attached hydrogens (tertiary/aromatic N) is 2. The van der Waals surface area contributed by atoms with Gasteiger partial charge in [-0.3, -0.25) is 14.5 Å². The topological polar surface area (TPSA) is 69.7 Å². The number of benzene rings is 1. The van der Waals surface area contributed by atoms with Crippen LogP contribution in [0.4, 0.5) is 4.79 Å². The van der Waals surface area contributed by atoms with E-state index in [-0.39, 0.29) is 30.4 Å². The maximum atomic E-state index is 13.6. The molecule has 1 aliphatic heterocycles. The first-order chi connectivity index (χ1) is 16.0. The Morgan fingerprint density at radius 3 is 2.18 bits per heavy atom. The Hall–Kier alpha value is -2.37. The lowest BCUT2D eigenvalue weighted by Crippen LogP contribution is -2.53. The third-order valence-electron chi connectivity index (χ3n) is 8.47. The molecule has 3 fully saturated rings. The van der Waals surface area contributed by atoms with Crippen molar-refractivity contribution < 1.29 is 14.4 Å². The van der Waals surface area contributed by atoms with E-state index in [0.717, 1.165) is 81.1 Å². The number of imide groups is 1. The highest BCUT2D eigenvalue weighted by molar-refractivity contribution is 6.09. The molecular formula is C27H37N3O3. The van der Waals surface area contributed by atoms with E-state index in [1.165, 1.54) is 24.0 Å². The van der Waals surface area contributed by atoms with Gasteiger partial charge in [-0.25, -0.2) is 4.79 Å². The Labute approximate surface area is 197 Å². The highest BCUT2D eigenvalue weighted by atomic mass is 16.2. The van der Waals surface area contributed by atoms with Gasteiger partial charge < -0.3 is 10.2 Å².